The van der Waals surface area contributed by atoms with Gasteiger partial charge in [-0.25, -0.2) is 8.42 Å². The zero-order valence-electron chi connectivity index (χ0n) is 11.6. The lowest BCUT2D eigenvalue weighted by Crippen LogP contribution is -2.26. The molecule has 0 radical (unpaired) electrons. The standard InChI is InChI=1S/C13H19N3O3S/c1-3-16-9-13(6-12(16)7-14)20(17,18)15(2)8-11-4-5-19-10-11/h4-6,9-10H,3,7-8,14H2,1-2H3. The molecule has 2 aromatic rings. The first-order chi connectivity index (χ1) is 9.48. The van der Waals surface area contributed by atoms with Crippen LogP contribution in [0.5, 0.6) is 0 Å². The minimum Gasteiger partial charge on any atom is -0.472 e. The quantitative estimate of drug-likeness (QED) is 0.873. The molecule has 20 heavy (non-hydrogen) atoms. The van der Waals surface area contributed by atoms with Crippen LogP contribution in [0, 0.1) is 0 Å². The lowest BCUT2D eigenvalue weighted by molar-refractivity contribution is 0.463. The van der Waals surface area contributed by atoms with Gasteiger partial charge in [0.05, 0.1) is 12.5 Å². The van der Waals surface area contributed by atoms with E-state index in [0.717, 1.165) is 11.3 Å². The molecule has 110 valence electrons. The van der Waals surface area contributed by atoms with E-state index in [2.05, 4.69) is 0 Å². The number of rotatable bonds is 6. The monoisotopic (exact) mass is 297 g/mol. The summed E-state index contributed by atoms with van der Waals surface area (Å²) in [5, 5.41) is 0. The molecule has 7 heteroatoms. The van der Waals surface area contributed by atoms with E-state index < -0.39 is 10.0 Å². The Morgan fingerprint density at radius 1 is 1.45 bits per heavy atom. The Kier molecular flexibility index (Phi) is 4.32. The fourth-order valence-electron chi connectivity index (χ4n) is 2.04. The smallest absolute Gasteiger partial charge is 0.244 e. The van der Waals surface area contributed by atoms with Crippen molar-refractivity contribution in [3.8, 4) is 0 Å². The molecule has 2 aromatic heterocycles. The Morgan fingerprint density at radius 2 is 2.20 bits per heavy atom. The zero-order chi connectivity index (χ0) is 14.8. The second-order valence-electron chi connectivity index (χ2n) is 4.55. The van der Waals surface area contributed by atoms with Crippen molar-refractivity contribution in [2.75, 3.05) is 7.05 Å². The number of nitrogens with two attached hydrogens (primary N) is 1. The molecular weight excluding hydrogens is 278 g/mol. The van der Waals surface area contributed by atoms with Crippen LogP contribution < -0.4 is 5.73 Å². The van der Waals surface area contributed by atoms with Crippen LogP contribution in [-0.4, -0.2) is 24.3 Å². The molecule has 0 spiro atoms. The number of aryl methyl sites for hydroxylation is 1. The largest absolute Gasteiger partial charge is 0.472 e. The summed E-state index contributed by atoms with van der Waals surface area (Å²) in [6.45, 7) is 3.22. The fourth-order valence-corrected chi connectivity index (χ4v) is 3.26. The van der Waals surface area contributed by atoms with E-state index in [1.165, 1.54) is 16.8 Å². The van der Waals surface area contributed by atoms with Crippen molar-refractivity contribution >= 4 is 10.0 Å². The highest BCUT2D eigenvalue weighted by Gasteiger charge is 2.23. The highest BCUT2D eigenvalue weighted by molar-refractivity contribution is 7.89. The zero-order valence-corrected chi connectivity index (χ0v) is 12.4. The average Bonchev–Trinajstić information content (AvgIpc) is 3.06. The Bertz CT molecular complexity index is 638. The Morgan fingerprint density at radius 3 is 2.70 bits per heavy atom. The summed E-state index contributed by atoms with van der Waals surface area (Å²) in [4.78, 5) is 0.269. The van der Waals surface area contributed by atoms with Gasteiger partial charge in [0.25, 0.3) is 0 Å². The topological polar surface area (TPSA) is 81.5 Å². The van der Waals surface area contributed by atoms with Gasteiger partial charge in [0.15, 0.2) is 0 Å². The molecule has 0 aliphatic rings. The molecule has 0 saturated carbocycles. The molecule has 0 saturated heterocycles. The summed E-state index contributed by atoms with van der Waals surface area (Å²) < 4.78 is 33.1. The molecule has 0 aliphatic carbocycles. The highest BCUT2D eigenvalue weighted by Crippen LogP contribution is 2.20. The number of furan rings is 1. The molecule has 2 heterocycles. The van der Waals surface area contributed by atoms with E-state index in [1.54, 1.807) is 25.4 Å². The first kappa shape index (κ1) is 14.8. The summed E-state index contributed by atoms with van der Waals surface area (Å²) in [5.41, 5.74) is 7.25. The molecular formula is C13H19N3O3S. The van der Waals surface area contributed by atoms with E-state index in [-0.39, 0.29) is 11.4 Å². The maximum absolute atomic E-state index is 12.5. The van der Waals surface area contributed by atoms with Gasteiger partial charge in [0, 0.05) is 44.1 Å². The van der Waals surface area contributed by atoms with Crippen molar-refractivity contribution in [2.24, 2.45) is 5.73 Å². The van der Waals surface area contributed by atoms with E-state index in [0.29, 0.717) is 13.1 Å². The van der Waals surface area contributed by atoms with Crippen LogP contribution in [0.15, 0.2) is 40.2 Å². The number of hydrogen-bond donors (Lipinski definition) is 1. The third-order valence-electron chi connectivity index (χ3n) is 3.20. The van der Waals surface area contributed by atoms with Crippen molar-refractivity contribution in [3.63, 3.8) is 0 Å². The average molecular weight is 297 g/mol. The van der Waals surface area contributed by atoms with E-state index in [1.807, 2.05) is 11.5 Å². The second-order valence-corrected chi connectivity index (χ2v) is 6.59. The van der Waals surface area contributed by atoms with Crippen molar-refractivity contribution in [2.45, 2.75) is 31.5 Å². The minimum atomic E-state index is -3.52. The van der Waals surface area contributed by atoms with E-state index in [4.69, 9.17) is 10.2 Å². The van der Waals surface area contributed by atoms with Gasteiger partial charge in [-0.15, -0.1) is 0 Å². The van der Waals surface area contributed by atoms with Gasteiger partial charge in [-0.05, 0) is 19.1 Å². The molecule has 0 fully saturated rings. The predicted molar refractivity (Wildman–Crippen MR) is 75.4 cm³/mol. The van der Waals surface area contributed by atoms with Crippen LogP contribution in [0.4, 0.5) is 0 Å². The molecule has 0 unspecified atom stereocenters. The summed E-state index contributed by atoms with van der Waals surface area (Å²) in [5.74, 6) is 0. The number of sulfonamides is 1. The Labute approximate surface area is 118 Å². The molecule has 0 aliphatic heterocycles. The normalized spacial score (nSPS) is 12.2. The second kappa shape index (κ2) is 5.82. The van der Waals surface area contributed by atoms with Gasteiger partial charge < -0.3 is 14.7 Å². The Balaban J connectivity index is 2.27. The minimum absolute atomic E-state index is 0.269. The van der Waals surface area contributed by atoms with Crippen LogP contribution in [-0.2, 0) is 29.7 Å². The lowest BCUT2D eigenvalue weighted by atomic mass is 10.3. The first-order valence-corrected chi connectivity index (χ1v) is 7.79. The van der Waals surface area contributed by atoms with E-state index in [9.17, 15) is 8.42 Å². The van der Waals surface area contributed by atoms with Crippen LogP contribution in [0.3, 0.4) is 0 Å². The summed E-state index contributed by atoms with van der Waals surface area (Å²) in [6, 6.07) is 3.37. The van der Waals surface area contributed by atoms with Gasteiger partial charge in [-0.1, -0.05) is 0 Å². The maximum atomic E-state index is 12.5. The summed E-state index contributed by atoms with van der Waals surface area (Å²) in [6.07, 6.45) is 4.69. The molecule has 6 nitrogen and oxygen atoms in total. The van der Waals surface area contributed by atoms with Crippen molar-refractivity contribution in [1.82, 2.24) is 8.87 Å². The fraction of sp³-hybridized carbons (Fsp3) is 0.385. The van der Waals surface area contributed by atoms with Crippen molar-refractivity contribution < 1.29 is 12.8 Å². The van der Waals surface area contributed by atoms with Gasteiger partial charge >= 0.3 is 0 Å². The third kappa shape index (κ3) is 2.79. The van der Waals surface area contributed by atoms with Crippen molar-refractivity contribution in [1.29, 1.82) is 0 Å². The lowest BCUT2D eigenvalue weighted by Gasteiger charge is -2.15. The molecule has 0 aromatic carbocycles. The molecule has 0 amide bonds. The number of hydrogen-bond acceptors (Lipinski definition) is 4. The predicted octanol–water partition coefficient (Wildman–Crippen LogP) is 1.38. The van der Waals surface area contributed by atoms with Gasteiger partial charge in [-0.3, -0.25) is 0 Å². The molecule has 2 N–H and O–H groups in total. The molecule has 0 bridgehead atoms. The molecule has 0 atom stereocenters. The third-order valence-corrected chi connectivity index (χ3v) is 4.97. The van der Waals surface area contributed by atoms with Crippen LogP contribution >= 0.6 is 0 Å². The van der Waals surface area contributed by atoms with E-state index >= 15 is 0 Å². The van der Waals surface area contributed by atoms with Crippen molar-refractivity contribution in [3.05, 3.63) is 42.1 Å². The SMILES string of the molecule is CCn1cc(S(=O)(=O)N(C)Cc2ccoc2)cc1CN. The van der Waals surface area contributed by atoms with Crippen LogP contribution in [0.2, 0.25) is 0 Å². The number of nitrogens with zero attached hydrogens (tertiary/aromatic N) is 2. The summed E-state index contributed by atoms with van der Waals surface area (Å²) >= 11 is 0. The molecule has 2 rings (SSSR count). The highest BCUT2D eigenvalue weighted by atomic mass is 32.2. The van der Waals surface area contributed by atoms with Gasteiger partial charge in [0.2, 0.25) is 10.0 Å². The van der Waals surface area contributed by atoms with Gasteiger partial charge in [0.1, 0.15) is 4.90 Å². The Hall–Kier alpha value is -1.57. The van der Waals surface area contributed by atoms with Gasteiger partial charge in [-0.2, -0.15) is 4.31 Å². The summed E-state index contributed by atoms with van der Waals surface area (Å²) in [7, 11) is -1.97. The number of aromatic nitrogens is 1. The van der Waals surface area contributed by atoms with Crippen LogP contribution in [0.25, 0.3) is 0 Å². The maximum Gasteiger partial charge on any atom is 0.244 e. The first-order valence-electron chi connectivity index (χ1n) is 6.35. The van der Waals surface area contributed by atoms with Crippen LogP contribution in [0.1, 0.15) is 18.2 Å².